The molecule has 140 valence electrons. The molecule has 2 N–H and O–H groups in total. The lowest BCUT2D eigenvalue weighted by molar-refractivity contribution is 0.00584. The van der Waals surface area contributed by atoms with Crippen LogP contribution >= 0.6 is 0 Å². The smallest absolute Gasteiger partial charge is 0.266 e. The summed E-state index contributed by atoms with van der Waals surface area (Å²) in [5.41, 5.74) is -2.64. The molecule has 3 rings (SSSR count). The summed E-state index contributed by atoms with van der Waals surface area (Å²) in [7, 11) is 0. The lowest BCUT2D eigenvalue weighted by atomic mass is 9.77. The van der Waals surface area contributed by atoms with Gasteiger partial charge in [-0.1, -0.05) is 13.0 Å². The van der Waals surface area contributed by atoms with Crippen molar-refractivity contribution in [2.75, 3.05) is 0 Å². The van der Waals surface area contributed by atoms with Crippen molar-refractivity contribution in [3.63, 3.8) is 0 Å². The van der Waals surface area contributed by atoms with Crippen LogP contribution < -0.4 is 5.56 Å². The van der Waals surface area contributed by atoms with Crippen molar-refractivity contribution < 1.29 is 18.3 Å². The molecule has 1 aromatic carbocycles. The van der Waals surface area contributed by atoms with Crippen molar-refractivity contribution in [1.29, 1.82) is 0 Å². The van der Waals surface area contributed by atoms with Crippen LogP contribution in [0.2, 0.25) is 0 Å². The van der Waals surface area contributed by atoms with Crippen LogP contribution in [0.1, 0.15) is 29.8 Å². The molecule has 0 saturated carbocycles. The van der Waals surface area contributed by atoms with Crippen molar-refractivity contribution in [3.8, 4) is 0 Å². The van der Waals surface area contributed by atoms with E-state index in [2.05, 4.69) is 19.9 Å². The van der Waals surface area contributed by atoms with Gasteiger partial charge in [-0.3, -0.25) is 9.78 Å². The van der Waals surface area contributed by atoms with Gasteiger partial charge in [0.05, 0.1) is 23.8 Å². The minimum Gasteiger partial charge on any atom is -0.384 e. The molecule has 0 fully saturated rings. The molecule has 0 radical (unpaired) electrons. The molecule has 3 aromatic rings. The van der Waals surface area contributed by atoms with E-state index in [0.29, 0.717) is 6.07 Å². The quantitative estimate of drug-likeness (QED) is 0.712. The normalized spacial score (nSPS) is 14.6. The molecular formula is C18H15F3N4O2. The van der Waals surface area contributed by atoms with Crippen LogP contribution in [0.15, 0.2) is 47.9 Å². The maximum Gasteiger partial charge on any atom is 0.266 e. The molecule has 6 nitrogen and oxygen atoms in total. The molecule has 2 atom stereocenters. The number of halogens is 3. The van der Waals surface area contributed by atoms with E-state index in [1.807, 2.05) is 0 Å². The Bertz CT molecular complexity index is 1010. The number of rotatable bonds is 5. The number of H-pyrrole nitrogens is 1. The first-order chi connectivity index (χ1) is 12.8. The van der Waals surface area contributed by atoms with Crippen LogP contribution in [0, 0.1) is 17.5 Å². The zero-order valence-electron chi connectivity index (χ0n) is 14.2. The fraction of sp³-hybridized carbons (Fsp3) is 0.222. The number of aromatic nitrogens is 4. The zero-order chi connectivity index (χ0) is 19.6. The van der Waals surface area contributed by atoms with Gasteiger partial charge >= 0.3 is 0 Å². The van der Waals surface area contributed by atoms with Gasteiger partial charge in [-0.2, -0.15) is 0 Å². The molecule has 0 aliphatic rings. The van der Waals surface area contributed by atoms with Crippen LogP contribution in [0.5, 0.6) is 0 Å². The number of benzene rings is 1. The molecule has 0 aliphatic carbocycles. The van der Waals surface area contributed by atoms with Gasteiger partial charge in [-0.05, 0) is 6.07 Å². The summed E-state index contributed by atoms with van der Waals surface area (Å²) in [6.07, 6.45) is 4.02. The standard InChI is InChI=1S/C18H15F3N4O2/c1-10(17-15(21)7-22-9-25-17)18(27,5-12-6-24-16(26)8-23-12)13-3-2-11(19)4-14(13)20/h2-4,6-10,27H,5H2,1H3,(H,24,26)/t10-,18+/m0/s1. The molecule has 0 aliphatic heterocycles. The topological polar surface area (TPSA) is 91.8 Å². The molecule has 0 unspecified atom stereocenters. The predicted molar refractivity (Wildman–Crippen MR) is 89.2 cm³/mol. The minimum absolute atomic E-state index is 0.138. The highest BCUT2D eigenvalue weighted by atomic mass is 19.1. The van der Waals surface area contributed by atoms with Gasteiger partial charge in [0, 0.05) is 30.2 Å². The van der Waals surface area contributed by atoms with Crippen molar-refractivity contribution in [1.82, 2.24) is 19.9 Å². The number of hydrogen-bond donors (Lipinski definition) is 2. The molecule has 0 saturated heterocycles. The van der Waals surface area contributed by atoms with Crippen LogP contribution in [-0.4, -0.2) is 25.0 Å². The van der Waals surface area contributed by atoms with Gasteiger partial charge in [-0.25, -0.2) is 23.1 Å². The van der Waals surface area contributed by atoms with E-state index in [1.165, 1.54) is 13.1 Å². The summed E-state index contributed by atoms with van der Waals surface area (Å²) >= 11 is 0. The van der Waals surface area contributed by atoms with Gasteiger partial charge in [0.2, 0.25) is 0 Å². The molecule has 27 heavy (non-hydrogen) atoms. The second-order valence-corrected chi connectivity index (χ2v) is 6.11. The number of nitrogens with one attached hydrogen (secondary N) is 1. The third kappa shape index (κ3) is 3.72. The Kier molecular flexibility index (Phi) is 5.04. The summed E-state index contributed by atoms with van der Waals surface area (Å²) in [5, 5.41) is 11.4. The SMILES string of the molecule is C[C@@H](c1ncncc1F)[C@](O)(Cc1c[nH]c(=O)cn1)c1ccc(F)cc1F. The van der Waals surface area contributed by atoms with Gasteiger partial charge < -0.3 is 10.1 Å². The Morgan fingerprint density at radius 2 is 1.96 bits per heavy atom. The number of aromatic amines is 1. The number of hydrogen-bond acceptors (Lipinski definition) is 5. The lowest BCUT2D eigenvalue weighted by Crippen LogP contribution is -2.37. The predicted octanol–water partition coefficient (Wildman–Crippen LogP) is 2.21. The maximum absolute atomic E-state index is 14.5. The van der Waals surface area contributed by atoms with E-state index in [-0.39, 0.29) is 23.4 Å². The molecule has 0 spiro atoms. The highest BCUT2D eigenvalue weighted by Crippen LogP contribution is 2.40. The van der Waals surface area contributed by atoms with E-state index < -0.39 is 34.5 Å². The Balaban J connectivity index is 2.14. The fourth-order valence-corrected chi connectivity index (χ4v) is 2.93. The minimum atomic E-state index is -2.03. The Labute approximate surface area is 151 Å². The summed E-state index contributed by atoms with van der Waals surface area (Å²) < 4.78 is 42.0. The van der Waals surface area contributed by atoms with Crippen LogP contribution in [0.25, 0.3) is 0 Å². The van der Waals surface area contributed by atoms with Crippen LogP contribution in [0.4, 0.5) is 13.2 Å². The first-order valence-electron chi connectivity index (χ1n) is 7.98. The van der Waals surface area contributed by atoms with Gasteiger partial charge in [-0.15, -0.1) is 0 Å². The molecule has 9 heteroatoms. The highest BCUT2D eigenvalue weighted by molar-refractivity contribution is 5.31. The van der Waals surface area contributed by atoms with E-state index >= 15 is 0 Å². The first-order valence-corrected chi connectivity index (χ1v) is 7.98. The van der Waals surface area contributed by atoms with E-state index in [1.54, 1.807) is 0 Å². The summed E-state index contributed by atoms with van der Waals surface area (Å²) in [4.78, 5) is 24.9. The third-order valence-corrected chi connectivity index (χ3v) is 4.40. The fourth-order valence-electron chi connectivity index (χ4n) is 2.93. The van der Waals surface area contributed by atoms with E-state index in [4.69, 9.17) is 0 Å². The third-order valence-electron chi connectivity index (χ3n) is 4.40. The van der Waals surface area contributed by atoms with Gasteiger partial charge in [0.25, 0.3) is 5.56 Å². The molecule has 2 aromatic heterocycles. The average Bonchev–Trinajstić information content (AvgIpc) is 2.63. The second-order valence-electron chi connectivity index (χ2n) is 6.11. The first kappa shape index (κ1) is 18.7. The number of aliphatic hydroxyl groups is 1. The summed E-state index contributed by atoms with van der Waals surface area (Å²) in [6, 6.07) is 2.71. The van der Waals surface area contributed by atoms with E-state index in [9.17, 15) is 23.1 Å². The molecule has 2 heterocycles. The van der Waals surface area contributed by atoms with Crippen LogP contribution in [-0.2, 0) is 12.0 Å². The summed E-state index contributed by atoms with van der Waals surface area (Å²) in [5.74, 6) is -3.64. The van der Waals surface area contributed by atoms with Gasteiger partial charge in [0.1, 0.15) is 23.6 Å². The average molecular weight is 376 g/mol. The van der Waals surface area contributed by atoms with Crippen molar-refractivity contribution >= 4 is 0 Å². The molecule has 0 amide bonds. The largest absolute Gasteiger partial charge is 0.384 e. The molecular weight excluding hydrogens is 361 g/mol. The van der Waals surface area contributed by atoms with E-state index in [0.717, 1.165) is 30.9 Å². The Hall–Kier alpha value is -3.07. The zero-order valence-corrected chi connectivity index (χ0v) is 14.2. The second kappa shape index (κ2) is 7.28. The van der Waals surface area contributed by atoms with Crippen molar-refractivity contribution in [2.45, 2.75) is 24.9 Å². The molecule has 0 bridgehead atoms. The Morgan fingerprint density at radius 3 is 2.59 bits per heavy atom. The number of nitrogens with zero attached hydrogens (tertiary/aromatic N) is 3. The summed E-state index contributed by atoms with van der Waals surface area (Å²) in [6.45, 7) is 1.46. The van der Waals surface area contributed by atoms with Crippen molar-refractivity contribution in [2.24, 2.45) is 0 Å². The Morgan fingerprint density at radius 1 is 1.19 bits per heavy atom. The highest BCUT2D eigenvalue weighted by Gasteiger charge is 2.41. The monoisotopic (exact) mass is 376 g/mol. The lowest BCUT2D eigenvalue weighted by Gasteiger charge is -2.34. The van der Waals surface area contributed by atoms with Crippen molar-refractivity contribution in [3.05, 3.63) is 87.9 Å². The maximum atomic E-state index is 14.5. The van der Waals surface area contributed by atoms with Gasteiger partial charge in [0.15, 0.2) is 5.82 Å². The van der Waals surface area contributed by atoms with Crippen LogP contribution in [0.3, 0.4) is 0 Å².